The van der Waals surface area contributed by atoms with Gasteiger partial charge in [-0.15, -0.1) is 0 Å². The predicted octanol–water partition coefficient (Wildman–Crippen LogP) is 4.26. The van der Waals surface area contributed by atoms with Gasteiger partial charge in [-0.05, 0) is 138 Å². The lowest BCUT2D eigenvalue weighted by atomic mass is 9.87. The molecule has 4 saturated heterocycles. The van der Waals surface area contributed by atoms with E-state index in [1.54, 1.807) is 55.0 Å². The molecule has 4 aliphatic heterocycles. The van der Waals surface area contributed by atoms with E-state index >= 15 is 0 Å². The van der Waals surface area contributed by atoms with Crippen molar-refractivity contribution in [2.75, 3.05) is 43.9 Å². The Morgan fingerprint density at radius 1 is 0.554 bits per heavy atom. The minimum Gasteiger partial charge on any atom is -0.347 e. The van der Waals surface area contributed by atoms with Crippen LogP contribution in [0, 0.1) is 0 Å². The summed E-state index contributed by atoms with van der Waals surface area (Å²) in [6.07, 6.45) is 8.51. The fourth-order valence-corrected chi connectivity index (χ4v) is 12.0. The number of fused-ring (bicyclic) bond motifs is 4. The van der Waals surface area contributed by atoms with E-state index in [0.29, 0.717) is 49.9 Å². The van der Waals surface area contributed by atoms with Crippen LogP contribution in [-0.2, 0) is 41.6 Å². The number of rotatable bonds is 11. The van der Waals surface area contributed by atoms with E-state index in [1.165, 1.54) is 20.9 Å². The molecule has 19 heteroatoms. The van der Waals surface area contributed by atoms with E-state index in [2.05, 4.69) is 49.4 Å². The Kier molecular flexibility index (Phi) is 16.1. The lowest BCUT2D eigenvalue weighted by Crippen LogP contribution is -2.62. The summed E-state index contributed by atoms with van der Waals surface area (Å²) in [5.41, 5.74) is 5.48. The Labute approximate surface area is 432 Å². The van der Waals surface area contributed by atoms with Gasteiger partial charge >= 0.3 is 12.1 Å². The monoisotopic (exact) mass is 1010 g/mol. The number of hydrogen-bond acceptors (Lipinski definition) is 9. The summed E-state index contributed by atoms with van der Waals surface area (Å²) < 4.78 is 0. The zero-order valence-electron chi connectivity index (χ0n) is 42.7. The molecule has 0 radical (unpaired) electrons. The first-order valence-corrected chi connectivity index (χ1v) is 26.7. The van der Waals surface area contributed by atoms with E-state index in [-0.39, 0.29) is 74.5 Å². The van der Waals surface area contributed by atoms with Gasteiger partial charge in [0.1, 0.15) is 24.2 Å². The number of carbonyl (C=O) groups is 8. The third-order valence-corrected chi connectivity index (χ3v) is 16.1. The third kappa shape index (κ3) is 11.4. The van der Waals surface area contributed by atoms with E-state index in [1.807, 2.05) is 36.4 Å². The van der Waals surface area contributed by atoms with Crippen molar-refractivity contribution < 1.29 is 38.4 Å². The van der Waals surface area contributed by atoms with Crippen LogP contribution in [0.3, 0.4) is 0 Å². The summed E-state index contributed by atoms with van der Waals surface area (Å²) >= 11 is 0. The number of amides is 10. The Balaban J connectivity index is 0.829. The highest BCUT2D eigenvalue weighted by Gasteiger charge is 2.48. The highest BCUT2D eigenvalue weighted by molar-refractivity contribution is 5.97. The number of carbonyl (C=O) groups excluding carboxylic acids is 8. The number of hydrogen-bond donors (Lipinski definition) is 7. The van der Waals surface area contributed by atoms with E-state index in [4.69, 9.17) is 0 Å². The largest absolute Gasteiger partial charge is 0.347 e. The second-order valence-corrected chi connectivity index (χ2v) is 20.7. The minimum absolute atomic E-state index is 0.103. The molecule has 4 heterocycles. The fraction of sp³-hybridized carbons (Fsp3) is 0.527. The van der Waals surface area contributed by atoms with Crippen molar-refractivity contribution in [2.24, 2.45) is 0 Å². The van der Waals surface area contributed by atoms with Gasteiger partial charge in [-0.3, -0.25) is 28.8 Å². The van der Waals surface area contributed by atoms with Crippen molar-refractivity contribution in [3.63, 3.8) is 0 Å². The minimum atomic E-state index is -1.12. The second-order valence-electron chi connectivity index (χ2n) is 20.7. The Bertz CT molecular complexity index is 2610. The van der Waals surface area contributed by atoms with E-state index < -0.39 is 60.0 Å². The number of nitrogens with zero attached hydrogens (tertiary/aromatic N) is 4. The van der Waals surface area contributed by atoms with Crippen LogP contribution in [0.4, 0.5) is 21.0 Å². The van der Waals surface area contributed by atoms with Crippen molar-refractivity contribution in [1.82, 2.24) is 46.2 Å². The molecular formula is C55H71N11O8. The quantitative estimate of drug-likeness (QED) is 0.145. The van der Waals surface area contributed by atoms with Gasteiger partial charge in [-0.25, -0.2) is 9.59 Å². The number of benzene rings is 3. The number of anilines is 2. The standard InChI is InChI=1S/C55H71N11O8/c1-4-48(67)59-44-31-63(29-27-38-23-25-46(65(38)52(44)71)50(69)60-42-17-9-13-34-11-5-7-15-40(34)42)54(73)57-36-19-21-37(22-20-36)58-55(74)64-30-28-39-24-26-47(66(39)53(72)45(32-64)62-49(68)33(2)56-3)51(70)61-43-18-10-14-35-12-6-8-16-41(35)43/h5-8,11-12,15-16,19-22,33,38-39,42-47,56H,4,9-10,13-14,17-18,23-32H2,1-3H3,(H,57,73)(H,58,74)(H,59,67)(H,60,69)(H,61,70)(H,62,68). The van der Waals surface area contributed by atoms with Gasteiger partial charge in [-0.2, -0.15) is 0 Å². The molecule has 4 fully saturated rings. The first-order chi connectivity index (χ1) is 35.8. The average molecular weight is 1010 g/mol. The molecule has 0 aromatic heterocycles. The lowest BCUT2D eigenvalue weighted by molar-refractivity contribution is -0.145. The van der Waals surface area contributed by atoms with Crippen molar-refractivity contribution in [2.45, 2.75) is 152 Å². The van der Waals surface area contributed by atoms with Crippen LogP contribution in [0.5, 0.6) is 0 Å². The zero-order chi connectivity index (χ0) is 52.0. The predicted molar refractivity (Wildman–Crippen MR) is 277 cm³/mol. The summed E-state index contributed by atoms with van der Waals surface area (Å²) in [5.74, 6) is -2.00. The molecule has 9 atom stereocenters. The topological polar surface area (TPSA) is 234 Å². The third-order valence-electron chi connectivity index (χ3n) is 16.1. The SMILES string of the molecule is CCC(=O)NC1CN(C(=O)Nc2ccc(NC(=O)N3CCC4CCC(C(=O)NC5CCCc6ccccc65)N4C(=O)C(NC(=O)C(C)NC)C3)cc2)CCC2CCC(C(=O)NC3CCCc4ccccc43)N2C1=O. The average Bonchev–Trinajstić information content (AvgIpc) is 4.04. The van der Waals surface area contributed by atoms with Crippen LogP contribution in [-0.4, -0.2) is 143 Å². The highest BCUT2D eigenvalue weighted by atomic mass is 16.2. The number of urea groups is 2. The first kappa shape index (κ1) is 51.9. The molecule has 6 aliphatic rings. The summed E-state index contributed by atoms with van der Waals surface area (Å²) in [4.78, 5) is 117. The highest BCUT2D eigenvalue weighted by Crippen LogP contribution is 2.35. The van der Waals surface area contributed by atoms with E-state index in [9.17, 15) is 38.4 Å². The van der Waals surface area contributed by atoms with Crippen LogP contribution in [0.25, 0.3) is 0 Å². The van der Waals surface area contributed by atoms with Crippen LogP contribution in [0.15, 0.2) is 72.8 Å². The van der Waals surface area contributed by atoms with Gasteiger partial charge in [0.05, 0.1) is 31.2 Å². The number of nitrogens with one attached hydrogen (secondary N) is 7. The molecule has 10 amide bonds. The maximum atomic E-state index is 14.6. The van der Waals surface area contributed by atoms with Crippen LogP contribution < -0.4 is 37.2 Å². The summed E-state index contributed by atoms with van der Waals surface area (Å²) in [7, 11) is 1.64. The molecule has 74 heavy (non-hydrogen) atoms. The summed E-state index contributed by atoms with van der Waals surface area (Å²) in [6.45, 7) is 3.66. The van der Waals surface area contributed by atoms with Gasteiger partial charge < -0.3 is 56.8 Å². The van der Waals surface area contributed by atoms with Gasteiger partial charge in [0, 0.05) is 43.0 Å². The zero-order valence-corrected chi connectivity index (χ0v) is 42.7. The summed E-state index contributed by atoms with van der Waals surface area (Å²) in [5, 5.41) is 20.9. The Morgan fingerprint density at radius 3 is 1.45 bits per heavy atom. The van der Waals surface area contributed by atoms with Crippen LogP contribution in [0.1, 0.15) is 119 Å². The number of likely N-dealkylation sites (N-methyl/N-ethyl adjacent to an activating group) is 1. The van der Waals surface area contributed by atoms with Gasteiger partial charge in [0.25, 0.3) is 0 Å². The lowest BCUT2D eigenvalue weighted by Gasteiger charge is -2.39. The van der Waals surface area contributed by atoms with Gasteiger partial charge in [-0.1, -0.05) is 55.5 Å². The fourth-order valence-electron chi connectivity index (χ4n) is 12.0. The van der Waals surface area contributed by atoms with Crippen LogP contribution >= 0.6 is 0 Å². The molecule has 9 unspecified atom stereocenters. The van der Waals surface area contributed by atoms with Crippen LogP contribution in [0.2, 0.25) is 0 Å². The Hall–Kier alpha value is -7.02. The molecular weight excluding hydrogens is 943 g/mol. The van der Waals surface area contributed by atoms with Crippen molar-refractivity contribution in [3.8, 4) is 0 Å². The van der Waals surface area contributed by atoms with Crippen molar-refractivity contribution in [3.05, 3.63) is 95.1 Å². The van der Waals surface area contributed by atoms with Crippen molar-refractivity contribution >= 4 is 58.9 Å². The smallest absolute Gasteiger partial charge is 0.321 e. The summed E-state index contributed by atoms with van der Waals surface area (Å²) in [6, 6.07) is 16.7. The number of aryl methyl sites for hydroxylation is 2. The van der Waals surface area contributed by atoms with E-state index in [0.717, 1.165) is 49.7 Å². The van der Waals surface area contributed by atoms with Gasteiger partial charge in [0.2, 0.25) is 35.4 Å². The molecule has 394 valence electrons. The second kappa shape index (κ2) is 23.0. The molecule has 9 rings (SSSR count). The molecule has 3 aromatic carbocycles. The molecule has 7 N–H and O–H groups in total. The first-order valence-electron chi connectivity index (χ1n) is 26.7. The normalized spacial score (nSPS) is 26.0. The van der Waals surface area contributed by atoms with Gasteiger partial charge in [0.15, 0.2) is 0 Å². The van der Waals surface area contributed by atoms with Crippen molar-refractivity contribution in [1.29, 1.82) is 0 Å². The molecule has 0 saturated carbocycles. The molecule has 0 spiro atoms. The molecule has 2 aliphatic carbocycles. The molecule has 19 nitrogen and oxygen atoms in total. The Morgan fingerprint density at radius 2 is 1.00 bits per heavy atom. The maximum Gasteiger partial charge on any atom is 0.321 e. The molecule has 3 aromatic rings. The maximum absolute atomic E-state index is 14.6. The molecule has 0 bridgehead atoms.